The maximum absolute atomic E-state index is 11.8. The van der Waals surface area contributed by atoms with Crippen molar-refractivity contribution in [2.45, 2.75) is 45.8 Å². The van der Waals surface area contributed by atoms with Gasteiger partial charge in [-0.25, -0.2) is 4.79 Å². The van der Waals surface area contributed by atoms with Crippen molar-refractivity contribution in [2.75, 3.05) is 6.54 Å². The first-order valence-corrected chi connectivity index (χ1v) is 5.43. The number of carboxylic acids is 1. The van der Waals surface area contributed by atoms with Crippen LogP contribution in [0.3, 0.4) is 0 Å². The largest absolute Gasteiger partial charge is 0.481 e. The molecule has 5 heteroatoms. The van der Waals surface area contributed by atoms with Crippen LogP contribution < -0.4 is 0 Å². The zero-order chi connectivity index (χ0) is 12.5. The van der Waals surface area contributed by atoms with Gasteiger partial charge >= 0.3 is 12.1 Å². The Morgan fingerprint density at radius 2 is 1.94 bits per heavy atom. The van der Waals surface area contributed by atoms with Gasteiger partial charge in [0.05, 0.1) is 5.92 Å². The molecule has 0 aliphatic carbocycles. The van der Waals surface area contributed by atoms with Gasteiger partial charge in [-0.3, -0.25) is 4.79 Å². The molecule has 2 atom stereocenters. The average Bonchev–Trinajstić information content (AvgIpc) is 2.44. The summed E-state index contributed by atoms with van der Waals surface area (Å²) in [5.41, 5.74) is -0.544. The Morgan fingerprint density at radius 3 is 2.31 bits per heavy atom. The average molecular weight is 229 g/mol. The maximum atomic E-state index is 11.8. The number of likely N-dealkylation sites (tertiary alicyclic amines) is 1. The van der Waals surface area contributed by atoms with Gasteiger partial charge in [-0.1, -0.05) is 0 Å². The van der Waals surface area contributed by atoms with Crippen LogP contribution in [0.4, 0.5) is 4.79 Å². The fourth-order valence-electron chi connectivity index (χ4n) is 1.78. The topological polar surface area (TPSA) is 66.8 Å². The van der Waals surface area contributed by atoms with Crippen LogP contribution in [0.5, 0.6) is 0 Å². The summed E-state index contributed by atoms with van der Waals surface area (Å²) >= 11 is 0. The van der Waals surface area contributed by atoms with Crippen LogP contribution in [0.25, 0.3) is 0 Å². The molecule has 1 aliphatic rings. The second-order valence-corrected chi connectivity index (χ2v) is 5.25. The standard InChI is InChI=1S/C11H19NO4/c1-7-5-8(9(13)14)6-12(7)10(15)16-11(2,3)4/h7-8H,5-6H2,1-4H3,(H,13,14)/t7-,8-/m1/s1. The number of rotatable bonds is 1. The van der Waals surface area contributed by atoms with Crippen molar-refractivity contribution in [1.29, 1.82) is 0 Å². The minimum Gasteiger partial charge on any atom is -0.481 e. The molecule has 1 N–H and O–H groups in total. The number of carbonyl (C=O) groups is 2. The first kappa shape index (κ1) is 12.8. The molecule has 1 aliphatic heterocycles. The Kier molecular flexibility index (Phi) is 3.45. The summed E-state index contributed by atoms with van der Waals surface area (Å²) in [7, 11) is 0. The molecular formula is C11H19NO4. The Labute approximate surface area is 95.4 Å². The number of hydrogen-bond donors (Lipinski definition) is 1. The third kappa shape index (κ3) is 3.12. The van der Waals surface area contributed by atoms with Gasteiger partial charge in [-0.15, -0.1) is 0 Å². The Morgan fingerprint density at radius 1 is 1.38 bits per heavy atom. The summed E-state index contributed by atoms with van der Waals surface area (Å²) in [6.07, 6.45) is 0.0675. The van der Waals surface area contributed by atoms with Gasteiger partial charge in [0.25, 0.3) is 0 Å². The first-order chi connectivity index (χ1) is 7.20. The van der Waals surface area contributed by atoms with Crippen molar-refractivity contribution >= 4 is 12.1 Å². The predicted octanol–water partition coefficient (Wildman–Crippen LogP) is 1.72. The van der Waals surface area contributed by atoms with E-state index in [-0.39, 0.29) is 12.6 Å². The van der Waals surface area contributed by atoms with E-state index in [0.717, 1.165) is 0 Å². The van der Waals surface area contributed by atoms with Gasteiger partial charge in [0.2, 0.25) is 0 Å². The molecule has 0 bridgehead atoms. The summed E-state index contributed by atoms with van der Waals surface area (Å²) in [6.45, 7) is 7.46. The number of nitrogens with zero attached hydrogens (tertiary/aromatic N) is 1. The van der Waals surface area contributed by atoms with Gasteiger partial charge in [0.1, 0.15) is 5.60 Å². The molecule has 1 rings (SSSR count). The molecule has 16 heavy (non-hydrogen) atoms. The SMILES string of the molecule is C[C@@H]1C[C@@H](C(=O)O)CN1C(=O)OC(C)(C)C. The van der Waals surface area contributed by atoms with E-state index >= 15 is 0 Å². The quantitative estimate of drug-likeness (QED) is 0.743. The molecule has 0 aromatic rings. The van der Waals surface area contributed by atoms with Crippen molar-refractivity contribution < 1.29 is 19.4 Å². The lowest BCUT2D eigenvalue weighted by molar-refractivity contribution is -0.141. The minimum absolute atomic E-state index is 0.0732. The second kappa shape index (κ2) is 4.31. The van der Waals surface area contributed by atoms with Crippen molar-refractivity contribution in [1.82, 2.24) is 4.90 Å². The summed E-state index contributed by atoms with van der Waals surface area (Å²) in [5, 5.41) is 8.88. The second-order valence-electron chi connectivity index (χ2n) is 5.25. The third-order valence-electron chi connectivity index (χ3n) is 2.55. The number of carbonyl (C=O) groups excluding carboxylic acids is 1. The fourth-order valence-corrected chi connectivity index (χ4v) is 1.78. The Balaban J connectivity index is 2.61. The van der Waals surface area contributed by atoms with Crippen LogP contribution in [0.1, 0.15) is 34.1 Å². The molecule has 1 heterocycles. The highest BCUT2D eigenvalue weighted by Gasteiger charge is 2.38. The van der Waals surface area contributed by atoms with Crippen molar-refractivity contribution in [2.24, 2.45) is 5.92 Å². The predicted molar refractivity (Wildman–Crippen MR) is 58.1 cm³/mol. The van der Waals surface area contributed by atoms with E-state index in [0.29, 0.717) is 6.42 Å². The van der Waals surface area contributed by atoms with E-state index in [1.54, 1.807) is 20.8 Å². The highest BCUT2D eigenvalue weighted by molar-refractivity contribution is 5.74. The lowest BCUT2D eigenvalue weighted by Crippen LogP contribution is -2.39. The first-order valence-electron chi connectivity index (χ1n) is 5.43. The molecule has 0 aromatic heterocycles. The van der Waals surface area contributed by atoms with Gasteiger partial charge in [-0.05, 0) is 34.1 Å². The molecule has 5 nitrogen and oxygen atoms in total. The summed E-state index contributed by atoms with van der Waals surface area (Å²) in [4.78, 5) is 24.1. The fraction of sp³-hybridized carbons (Fsp3) is 0.818. The smallest absolute Gasteiger partial charge is 0.410 e. The van der Waals surface area contributed by atoms with E-state index in [4.69, 9.17) is 9.84 Å². The van der Waals surface area contributed by atoms with E-state index in [1.165, 1.54) is 4.90 Å². The number of amides is 1. The molecule has 0 radical (unpaired) electrons. The molecule has 0 unspecified atom stereocenters. The van der Waals surface area contributed by atoms with Gasteiger partial charge in [0, 0.05) is 12.6 Å². The van der Waals surface area contributed by atoms with Gasteiger partial charge in [0.15, 0.2) is 0 Å². The molecular weight excluding hydrogens is 210 g/mol. The summed E-state index contributed by atoms with van der Waals surface area (Å²) in [5.74, 6) is -1.32. The Hall–Kier alpha value is -1.26. The molecule has 0 aromatic carbocycles. The lowest BCUT2D eigenvalue weighted by atomic mass is 10.1. The van der Waals surface area contributed by atoms with Crippen LogP contribution in [0.2, 0.25) is 0 Å². The molecule has 0 saturated carbocycles. The molecule has 1 amide bonds. The molecule has 92 valence electrons. The highest BCUT2D eigenvalue weighted by Crippen LogP contribution is 2.25. The van der Waals surface area contributed by atoms with Crippen LogP contribution in [-0.4, -0.2) is 40.3 Å². The number of hydrogen-bond acceptors (Lipinski definition) is 3. The van der Waals surface area contributed by atoms with E-state index in [1.807, 2.05) is 6.92 Å². The van der Waals surface area contributed by atoms with Crippen LogP contribution in [-0.2, 0) is 9.53 Å². The molecule has 1 saturated heterocycles. The highest BCUT2D eigenvalue weighted by atomic mass is 16.6. The van der Waals surface area contributed by atoms with E-state index in [9.17, 15) is 9.59 Å². The van der Waals surface area contributed by atoms with Gasteiger partial charge in [-0.2, -0.15) is 0 Å². The zero-order valence-electron chi connectivity index (χ0n) is 10.2. The van der Waals surface area contributed by atoms with Crippen molar-refractivity contribution in [3.8, 4) is 0 Å². The lowest BCUT2D eigenvalue weighted by Gasteiger charge is -2.26. The van der Waals surface area contributed by atoms with E-state index in [2.05, 4.69) is 0 Å². The number of ether oxygens (including phenoxy) is 1. The van der Waals surface area contributed by atoms with Crippen LogP contribution in [0.15, 0.2) is 0 Å². The molecule has 0 spiro atoms. The van der Waals surface area contributed by atoms with Gasteiger partial charge < -0.3 is 14.7 Å². The summed E-state index contributed by atoms with van der Waals surface area (Å²) < 4.78 is 5.21. The third-order valence-corrected chi connectivity index (χ3v) is 2.55. The summed E-state index contributed by atoms with van der Waals surface area (Å²) in [6, 6.07) is -0.0732. The zero-order valence-corrected chi connectivity index (χ0v) is 10.2. The van der Waals surface area contributed by atoms with Crippen molar-refractivity contribution in [3.63, 3.8) is 0 Å². The Bertz CT molecular complexity index is 295. The van der Waals surface area contributed by atoms with E-state index < -0.39 is 23.6 Å². The van der Waals surface area contributed by atoms with Crippen LogP contribution >= 0.6 is 0 Å². The molecule has 1 fully saturated rings. The maximum Gasteiger partial charge on any atom is 0.410 e. The monoisotopic (exact) mass is 229 g/mol. The van der Waals surface area contributed by atoms with Crippen LogP contribution in [0, 0.1) is 5.92 Å². The minimum atomic E-state index is -0.849. The van der Waals surface area contributed by atoms with Crippen molar-refractivity contribution in [3.05, 3.63) is 0 Å². The number of aliphatic carboxylic acids is 1. The normalized spacial score (nSPS) is 25.6. The number of carboxylic acid groups (broad SMARTS) is 1.